The first-order valence-electron chi connectivity index (χ1n) is 8.94. The first-order valence-corrected chi connectivity index (χ1v) is 8.94. The lowest BCUT2D eigenvalue weighted by molar-refractivity contribution is 0.0499. The summed E-state index contributed by atoms with van der Waals surface area (Å²) in [4.78, 5) is 24.9. The van der Waals surface area contributed by atoms with Gasteiger partial charge in [-0.15, -0.1) is 0 Å². The van der Waals surface area contributed by atoms with Crippen molar-refractivity contribution in [1.82, 2.24) is 9.30 Å². The highest BCUT2D eigenvalue weighted by molar-refractivity contribution is 5.28. The van der Waals surface area contributed by atoms with Gasteiger partial charge in [0, 0.05) is 17.7 Å². The summed E-state index contributed by atoms with van der Waals surface area (Å²) >= 11 is 0. The van der Waals surface area contributed by atoms with Crippen molar-refractivity contribution < 1.29 is 14.3 Å². The molecule has 1 N–H and O–H groups in total. The van der Waals surface area contributed by atoms with Crippen LogP contribution >= 0.6 is 0 Å². The van der Waals surface area contributed by atoms with Crippen LogP contribution in [0.5, 0.6) is 0 Å². The summed E-state index contributed by atoms with van der Waals surface area (Å²) in [6, 6.07) is 15.2. The fourth-order valence-corrected chi connectivity index (χ4v) is 3.08. The Morgan fingerprint density at radius 3 is 2.32 bits per heavy atom. The van der Waals surface area contributed by atoms with E-state index in [0.29, 0.717) is 17.7 Å². The lowest BCUT2D eigenvalue weighted by Crippen LogP contribution is -2.43. The fraction of sp³-hybridized carbons (Fsp3) is 0.238. The van der Waals surface area contributed by atoms with Crippen molar-refractivity contribution in [2.45, 2.75) is 33.1 Å². The van der Waals surface area contributed by atoms with Crippen LogP contribution in [0.2, 0.25) is 0 Å². The number of aromatic nitrogens is 2. The Balaban J connectivity index is 1.92. The molecule has 2 aromatic carbocycles. The van der Waals surface area contributed by atoms with E-state index in [1.807, 2.05) is 37.3 Å². The zero-order valence-electron chi connectivity index (χ0n) is 15.5. The molecule has 146 valence electrons. The highest BCUT2D eigenvalue weighted by atomic mass is 19.1. The predicted molar refractivity (Wildman–Crippen MR) is 102 cm³/mol. The average molecular weight is 384 g/mol. The Morgan fingerprint density at radius 2 is 1.68 bits per heavy atom. The van der Waals surface area contributed by atoms with Crippen LogP contribution in [-0.2, 0) is 30.9 Å². The Labute approximate surface area is 161 Å². The maximum absolute atomic E-state index is 13.1. The second-order valence-corrected chi connectivity index (χ2v) is 6.37. The maximum Gasteiger partial charge on any atom is 0.366 e. The lowest BCUT2D eigenvalue weighted by Gasteiger charge is -2.17. The van der Waals surface area contributed by atoms with Crippen molar-refractivity contribution in [2.24, 2.45) is 0 Å². The highest BCUT2D eigenvalue weighted by Crippen LogP contribution is 2.12. The molecule has 0 fully saturated rings. The first-order chi connectivity index (χ1) is 13.5. The quantitative estimate of drug-likeness (QED) is 0.636. The lowest BCUT2D eigenvalue weighted by atomic mass is 10.0. The summed E-state index contributed by atoms with van der Waals surface area (Å²) in [6.45, 7) is 2.00. The maximum atomic E-state index is 13.1. The number of nitrogens with zero attached hydrogens (tertiary/aromatic N) is 2. The third kappa shape index (κ3) is 4.20. The van der Waals surface area contributed by atoms with Crippen molar-refractivity contribution >= 4 is 0 Å². The molecule has 0 unspecified atom stereocenters. The van der Waals surface area contributed by atoms with Gasteiger partial charge in [-0.05, 0) is 29.7 Å². The fourth-order valence-electron chi connectivity index (χ4n) is 3.08. The van der Waals surface area contributed by atoms with E-state index >= 15 is 0 Å². The molecule has 0 bridgehead atoms. The van der Waals surface area contributed by atoms with Crippen LogP contribution in [-0.4, -0.2) is 14.5 Å². The molecule has 0 aliphatic rings. The van der Waals surface area contributed by atoms with E-state index in [0.717, 1.165) is 5.56 Å². The second-order valence-electron chi connectivity index (χ2n) is 6.37. The molecule has 0 aliphatic heterocycles. The standard InChI is InChI=1S/C21H21FN2O4/c1-2-19-18(12-15-8-10-17(22)11-9-15)20(25)24(27)21(26)23(19)14-28-13-16-6-4-3-5-7-16/h3-11,27H,2,12-14H2,1H3. The predicted octanol–water partition coefficient (Wildman–Crippen LogP) is 2.71. The molecule has 1 aromatic heterocycles. The zero-order valence-corrected chi connectivity index (χ0v) is 15.5. The molecule has 0 saturated heterocycles. The molecule has 1 heterocycles. The molecule has 7 heteroatoms. The Kier molecular flexibility index (Phi) is 6.06. The van der Waals surface area contributed by atoms with Gasteiger partial charge in [0.25, 0.3) is 5.56 Å². The summed E-state index contributed by atoms with van der Waals surface area (Å²) in [7, 11) is 0. The Bertz CT molecular complexity index is 1060. The van der Waals surface area contributed by atoms with E-state index in [1.165, 1.54) is 16.7 Å². The van der Waals surface area contributed by atoms with Crippen LogP contribution in [0.15, 0.2) is 64.2 Å². The summed E-state index contributed by atoms with van der Waals surface area (Å²) < 4.78 is 20.1. The largest absolute Gasteiger partial charge is 0.421 e. The van der Waals surface area contributed by atoms with Gasteiger partial charge in [0.1, 0.15) is 12.5 Å². The first kappa shape index (κ1) is 19.6. The van der Waals surface area contributed by atoms with Gasteiger partial charge >= 0.3 is 5.69 Å². The summed E-state index contributed by atoms with van der Waals surface area (Å²) in [6.07, 6.45) is 0.568. The molecule has 0 saturated carbocycles. The van der Waals surface area contributed by atoms with Crippen molar-refractivity contribution in [3.63, 3.8) is 0 Å². The van der Waals surface area contributed by atoms with E-state index in [1.54, 1.807) is 12.1 Å². The molecular formula is C21H21FN2O4. The van der Waals surface area contributed by atoms with Crippen molar-refractivity contribution in [2.75, 3.05) is 0 Å². The van der Waals surface area contributed by atoms with E-state index in [2.05, 4.69) is 0 Å². The van der Waals surface area contributed by atoms with Gasteiger partial charge in [-0.2, -0.15) is 0 Å². The smallest absolute Gasteiger partial charge is 0.366 e. The van der Waals surface area contributed by atoms with Crippen LogP contribution in [0.4, 0.5) is 4.39 Å². The van der Waals surface area contributed by atoms with Gasteiger partial charge in [-0.25, -0.2) is 9.18 Å². The minimum absolute atomic E-state index is 0.101. The molecule has 0 aliphatic carbocycles. The molecular weight excluding hydrogens is 363 g/mol. The van der Waals surface area contributed by atoms with Crippen LogP contribution in [0, 0.1) is 5.82 Å². The Hall–Kier alpha value is -3.19. The minimum atomic E-state index is -0.849. The molecule has 0 amide bonds. The SMILES string of the molecule is CCc1c(Cc2ccc(F)cc2)c(=O)n(O)c(=O)n1COCc1ccccc1. The van der Waals surface area contributed by atoms with Crippen LogP contribution in [0.1, 0.15) is 29.3 Å². The van der Waals surface area contributed by atoms with Crippen molar-refractivity contribution in [1.29, 1.82) is 0 Å². The number of rotatable bonds is 7. The third-order valence-electron chi connectivity index (χ3n) is 4.50. The molecule has 6 nitrogen and oxygen atoms in total. The van der Waals surface area contributed by atoms with Gasteiger partial charge in [0.05, 0.1) is 6.61 Å². The average Bonchev–Trinajstić information content (AvgIpc) is 2.72. The van der Waals surface area contributed by atoms with Gasteiger partial charge < -0.3 is 9.94 Å². The molecule has 0 radical (unpaired) electrons. The summed E-state index contributed by atoms with van der Waals surface area (Å²) in [5.74, 6) is -0.377. The number of benzene rings is 2. The topological polar surface area (TPSA) is 73.5 Å². The van der Waals surface area contributed by atoms with E-state index in [9.17, 15) is 19.2 Å². The number of ether oxygens (including phenoxy) is 1. The van der Waals surface area contributed by atoms with Crippen LogP contribution in [0.25, 0.3) is 0 Å². The van der Waals surface area contributed by atoms with Gasteiger partial charge in [-0.3, -0.25) is 9.36 Å². The van der Waals surface area contributed by atoms with Gasteiger partial charge in [0.15, 0.2) is 0 Å². The van der Waals surface area contributed by atoms with Crippen LogP contribution in [0.3, 0.4) is 0 Å². The number of halogens is 1. The van der Waals surface area contributed by atoms with Gasteiger partial charge in [-0.1, -0.05) is 54.1 Å². The highest BCUT2D eigenvalue weighted by Gasteiger charge is 2.18. The summed E-state index contributed by atoms with van der Waals surface area (Å²) in [5, 5.41) is 9.98. The van der Waals surface area contributed by atoms with E-state index in [-0.39, 0.29) is 35.9 Å². The minimum Gasteiger partial charge on any atom is -0.421 e. The third-order valence-corrected chi connectivity index (χ3v) is 4.50. The second kappa shape index (κ2) is 8.67. The monoisotopic (exact) mass is 384 g/mol. The molecule has 0 atom stereocenters. The molecule has 3 aromatic rings. The number of hydrogen-bond acceptors (Lipinski definition) is 4. The molecule has 3 rings (SSSR count). The van der Waals surface area contributed by atoms with E-state index in [4.69, 9.17) is 4.74 Å². The Morgan fingerprint density at radius 1 is 1.00 bits per heavy atom. The van der Waals surface area contributed by atoms with Crippen LogP contribution < -0.4 is 11.2 Å². The van der Waals surface area contributed by atoms with E-state index < -0.39 is 11.2 Å². The number of hydrogen-bond donors (Lipinski definition) is 1. The molecule has 28 heavy (non-hydrogen) atoms. The summed E-state index contributed by atoms with van der Waals surface area (Å²) in [5.41, 5.74) is 0.779. The normalized spacial score (nSPS) is 10.9. The zero-order chi connectivity index (χ0) is 20.1. The van der Waals surface area contributed by atoms with Crippen molar-refractivity contribution in [3.8, 4) is 0 Å². The van der Waals surface area contributed by atoms with Gasteiger partial charge in [0.2, 0.25) is 0 Å². The van der Waals surface area contributed by atoms with Crippen molar-refractivity contribution in [3.05, 3.63) is 104 Å². The molecule has 0 spiro atoms.